The topological polar surface area (TPSA) is 72.7 Å². The van der Waals surface area contributed by atoms with Crippen molar-refractivity contribution < 1.29 is 4.79 Å². The van der Waals surface area contributed by atoms with E-state index < -0.39 is 0 Å². The number of carbonyl (C=O) groups is 1. The van der Waals surface area contributed by atoms with E-state index in [0.29, 0.717) is 11.4 Å². The highest BCUT2D eigenvalue weighted by Gasteiger charge is 2.14. The lowest BCUT2D eigenvalue weighted by Crippen LogP contribution is -2.09. The summed E-state index contributed by atoms with van der Waals surface area (Å²) in [6.07, 6.45) is 4.76. The number of benzene rings is 2. The van der Waals surface area contributed by atoms with Gasteiger partial charge in [0, 0.05) is 6.08 Å². The normalized spacial score (nSPS) is 11.2. The van der Waals surface area contributed by atoms with Crippen LogP contribution in [-0.2, 0) is 4.79 Å². The molecule has 138 valence electrons. The number of nitrogens with one attached hydrogen (secondary N) is 1. The van der Waals surface area contributed by atoms with Gasteiger partial charge in [-0.15, -0.1) is 0 Å². The Bertz CT molecular complexity index is 1180. The van der Waals surface area contributed by atoms with E-state index in [1.165, 1.54) is 6.08 Å². The molecule has 0 fully saturated rings. The van der Waals surface area contributed by atoms with Gasteiger partial charge in [0.15, 0.2) is 0 Å². The molecular weight excluding hydrogens is 350 g/mol. The molecule has 0 unspecified atom stereocenters. The monoisotopic (exact) mass is 369 g/mol. The van der Waals surface area contributed by atoms with E-state index in [0.717, 1.165) is 28.1 Å². The minimum atomic E-state index is -0.242. The smallest absolute Gasteiger partial charge is 0.248 e. The van der Waals surface area contributed by atoms with Crippen LogP contribution in [0.2, 0.25) is 0 Å². The average molecular weight is 369 g/mol. The fourth-order valence-corrected chi connectivity index (χ4v) is 3.02. The molecule has 0 saturated heterocycles. The van der Waals surface area contributed by atoms with Gasteiger partial charge >= 0.3 is 0 Å². The summed E-state index contributed by atoms with van der Waals surface area (Å²) in [5, 5.41) is 7.46. The van der Waals surface area contributed by atoms with Gasteiger partial charge < -0.3 is 5.32 Å². The fourth-order valence-electron chi connectivity index (χ4n) is 3.02. The van der Waals surface area contributed by atoms with Gasteiger partial charge in [0.2, 0.25) is 5.91 Å². The van der Waals surface area contributed by atoms with Gasteiger partial charge in [-0.1, -0.05) is 30.3 Å². The van der Waals surface area contributed by atoms with Gasteiger partial charge in [0.25, 0.3) is 0 Å². The molecule has 0 bridgehead atoms. The van der Waals surface area contributed by atoms with Crippen LogP contribution in [0.5, 0.6) is 0 Å². The molecule has 0 aliphatic heterocycles. The molecule has 2 heterocycles. The van der Waals surface area contributed by atoms with Crippen LogP contribution in [0, 0.1) is 13.8 Å². The van der Waals surface area contributed by atoms with E-state index >= 15 is 0 Å². The predicted octanol–water partition coefficient (Wildman–Crippen LogP) is 4.08. The molecular formula is C22H19N5O. The number of aromatic nitrogens is 4. The Hall–Kier alpha value is -3.80. The maximum absolute atomic E-state index is 12.4. The first-order chi connectivity index (χ1) is 13.6. The number of para-hydroxylation sites is 3. The molecule has 6 heteroatoms. The molecule has 6 nitrogen and oxygen atoms in total. The Morgan fingerprint density at radius 1 is 1.00 bits per heavy atom. The first-order valence-corrected chi connectivity index (χ1v) is 8.94. The van der Waals surface area contributed by atoms with Gasteiger partial charge in [-0.25, -0.2) is 9.67 Å². The van der Waals surface area contributed by atoms with Crippen molar-refractivity contribution in [1.29, 1.82) is 0 Å². The largest absolute Gasteiger partial charge is 0.319 e. The third kappa shape index (κ3) is 3.53. The van der Waals surface area contributed by atoms with Crippen molar-refractivity contribution in [2.24, 2.45) is 0 Å². The van der Waals surface area contributed by atoms with Crippen molar-refractivity contribution in [3.63, 3.8) is 0 Å². The highest BCUT2D eigenvalue weighted by molar-refractivity contribution is 6.02. The number of rotatable bonds is 4. The molecule has 1 amide bonds. The van der Waals surface area contributed by atoms with Gasteiger partial charge in [-0.05, 0) is 44.2 Å². The third-order valence-corrected chi connectivity index (χ3v) is 4.41. The van der Waals surface area contributed by atoms with Crippen LogP contribution < -0.4 is 5.32 Å². The van der Waals surface area contributed by atoms with Crippen LogP contribution in [0.1, 0.15) is 17.1 Å². The Labute approximate surface area is 162 Å². The van der Waals surface area contributed by atoms with E-state index in [1.54, 1.807) is 12.3 Å². The minimum absolute atomic E-state index is 0.242. The van der Waals surface area contributed by atoms with E-state index in [1.807, 2.05) is 73.1 Å². The molecule has 4 aromatic rings. The summed E-state index contributed by atoms with van der Waals surface area (Å²) in [5.41, 5.74) is 5.53. The number of amides is 1. The summed E-state index contributed by atoms with van der Waals surface area (Å²) < 4.78 is 1.82. The zero-order valence-corrected chi connectivity index (χ0v) is 15.6. The third-order valence-electron chi connectivity index (χ3n) is 4.41. The molecule has 0 aliphatic rings. The van der Waals surface area contributed by atoms with Crippen LogP contribution in [0.3, 0.4) is 0 Å². The van der Waals surface area contributed by atoms with E-state index in [-0.39, 0.29) is 5.91 Å². The molecule has 0 saturated carbocycles. The van der Waals surface area contributed by atoms with Crippen molar-refractivity contribution in [1.82, 2.24) is 19.7 Å². The number of hydrogen-bond donors (Lipinski definition) is 1. The maximum Gasteiger partial charge on any atom is 0.248 e. The first-order valence-electron chi connectivity index (χ1n) is 8.94. The fraction of sp³-hybridized carbons (Fsp3) is 0.0909. The Morgan fingerprint density at radius 2 is 1.71 bits per heavy atom. The molecule has 0 aliphatic carbocycles. The number of nitrogens with zero attached hydrogens (tertiary/aromatic N) is 4. The highest BCUT2D eigenvalue weighted by Crippen LogP contribution is 2.22. The van der Waals surface area contributed by atoms with Gasteiger partial charge in [-0.3, -0.25) is 9.78 Å². The van der Waals surface area contributed by atoms with Crippen LogP contribution in [0.4, 0.5) is 5.69 Å². The number of anilines is 1. The Kier molecular flexibility index (Phi) is 4.68. The minimum Gasteiger partial charge on any atom is -0.319 e. The summed E-state index contributed by atoms with van der Waals surface area (Å²) in [5.74, 6) is -0.242. The second-order valence-corrected chi connectivity index (χ2v) is 6.40. The van der Waals surface area contributed by atoms with Crippen LogP contribution in [-0.4, -0.2) is 25.7 Å². The van der Waals surface area contributed by atoms with Crippen LogP contribution in [0.15, 0.2) is 66.9 Å². The summed E-state index contributed by atoms with van der Waals surface area (Å²) in [6, 6.07) is 17.4. The molecule has 0 radical (unpaired) electrons. The lowest BCUT2D eigenvalue weighted by molar-refractivity contribution is -0.111. The van der Waals surface area contributed by atoms with Crippen molar-refractivity contribution in [2.45, 2.75) is 13.8 Å². The zero-order valence-electron chi connectivity index (χ0n) is 15.6. The second kappa shape index (κ2) is 7.44. The van der Waals surface area contributed by atoms with Crippen molar-refractivity contribution in [3.8, 4) is 5.69 Å². The summed E-state index contributed by atoms with van der Waals surface area (Å²) >= 11 is 0. The summed E-state index contributed by atoms with van der Waals surface area (Å²) in [7, 11) is 0. The molecule has 4 rings (SSSR count). The van der Waals surface area contributed by atoms with Gasteiger partial charge in [0.1, 0.15) is 0 Å². The van der Waals surface area contributed by atoms with Crippen molar-refractivity contribution >= 4 is 28.7 Å². The number of fused-ring (bicyclic) bond motifs is 1. The van der Waals surface area contributed by atoms with E-state index in [4.69, 9.17) is 0 Å². The Morgan fingerprint density at radius 3 is 2.50 bits per heavy atom. The molecule has 2 aromatic carbocycles. The second-order valence-electron chi connectivity index (χ2n) is 6.40. The van der Waals surface area contributed by atoms with Crippen molar-refractivity contribution in [2.75, 3.05) is 5.32 Å². The van der Waals surface area contributed by atoms with Crippen LogP contribution >= 0.6 is 0 Å². The van der Waals surface area contributed by atoms with Gasteiger partial charge in [0.05, 0.1) is 45.7 Å². The molecule has 1 N–H and O–H groups in total. The summed E-state index contributed by atoms with van der Waals surface area (Å²) in [4.78, 5) is 21.3. The number of carbonyl (C=O) groups excluding carboxylic acids is 1. The quantitative estimate of drug-likeness (QED) is 0.550. The zero-order chi connectivity index (χ0) is 19.5. The first kappa shape index (κ1) is 17.6. The SMILES string of the molecule is Cc1nn(-c2ccccc2)c(C)c1NC(=O)/C=C/c1cnc2ccccc2n1. The maximum atomic E-state index is 12.4. The lowest BCUT2D eigenvalue weighted by atomic mass is 10.2. The van der Waals surface area contributed by atoms with E-state index in [9.17, 15) is 4.79 Å². The van der Waals surface area contributed by atoms with E-state index in [2.05, 4.69) is 20.4 Å². The molecule has 28 heavy (non-hydrogen) atoms. The van der Waals surface area contributed by atoms with Gasteiger partial charge in [-0.2, -0.15) is 5.10 Å². The van der Waals surface area contributed by atoms with Crippen LogP contribution in [0.25, 0.3) is 22.8 Å². The molecule has 2 aromatic heterocycles. The average Bonchev–Trinajstić information content (AvgIpc) is 3.01. The summed E-state index contributed by atoms with van der Waals surface area (Å²) in [6.45, 7) is 3.81. The standard InChI is InChI=1S/C22H19N5O/c1-15-22(16(2)27(26-15)18-8-4-3-5-9-18)25-21(28)13-12-17-14-23-19-10-6-7-11-20(19)24-17/h3-14H,1-2H3,(H,25,28)/b13-12+. The number of aryl methyl sites for hydroxylation is 1. The predicted molar refractivity (Wildman–Crippen MR) is 110 cm³/mol. The molecule has 0 spiro atoms. The Balaban J connectivity index is 1.53. The highest BCUT2D eigenvalue weighted by atomic mass is 16.1. The number of hydrogen-bond acceptors (Lipinski definition) is 4. The molecule has 0 atom stereocenters. The lowest BCUT2D eigenvalue weighted by Gasteiger charge is -2.05. The van der Waals surface area contributed by atoms with Crippen molar-refractivity contribution in [3.05, 3.63) is 84.0 Å².